The van der Waals surface area contributed by atoms with E-state index in [9.17, 15) is 4.79 Å². The zero-order valence-corrected chi connectivity index (χ0v) is 11.1. The van der Waals surface area contributed by atoms with Crippen molar-refractivity contribution in [3.05, 3.63) is 20.8 Å². The Bertz CT molecular complexity index is 327. The molecule has 0 aliphatic heterocycles. The van der Waals surface area contributed by atoms with Gasteiger partial charge in [0.1, 0.15) is 0 Å². The van der Waals surface area contributed by atoms with Crippen molar-refractivity contribution in [2.75, 3.05) is 13.1 Å². The fourth-order valence-electron chi connectivity index (χ4n) is 1.28. The number of halogens is 1. The number of thiophene rings is 1. The summed E-state index contributed by atoms with van der Waals surface area (Å²) >= 11 is 5.07. The topological polar surface area (TPSA) is 46.3 Å². The summed E-state index contributed by atoms with van der Waals surface area (Å²) in [5, 5.41) is 0. The first-order chi connectivity index (χ1) is 7.17. The Morgan fingerprint density at radius 2 is 2.33 bits per heavy atom. The van der Waals surface area contributed by atoms with Gasteiger partial charge in [0.05, 0.1) is 10.3 Å². The summed E-state index contributed by atoms with van der Waals surface area (Å²) in [5.74, 6) is 0.129. The lowest BCUT2D eigenvalue weighted by molar-refractivity contribution is -0.131. The van der Waals surface area contributed by atoms with Gasteiger partial charge in [-0.3, -0.25) is 4.79 Å². The predicted molar refractivity (Wildman–Crippen MR) is 66.8 cm³/mol. The lowest BCUT2D eigenvalue weighted by Crippen LogP contribution is -2.31. The fourth-order valence-corrected chi connectivity index (χ4v) is 2.78. The minimum absolute atomic E-state index is 0.129. The highest BCUT2D eigenvalue weighted by Gasteiger charge is 2.11. The van der Waals surface area contributed by atoms with Crippen LogP contribution in [0, 0.1) is 0 Å². The molecule has 0 saturated carbocycles. The largest absolute Gasteiger partial charge is 0.338 e. The standard InChI is InChI=1S/C10H15BrN2OS/c1-2-13(10(14)5-6-12)7-8-3-4-9(11)15-8/h3-4H,2,5-7,12H2,1H3. The van der Waals surface area contributed by atoms with Gasteiger partial charge in [0.15, 0.2) is 0 Å². The van der Waals surface area contributed by atoms with Crippen molar-refractivity contribution >= 4 is 33.2 Å². The molecule has 1 aromatic heterocycles. The minimum Gasteiger partial charge on any atom is -0.338 e. The molecule has 5 heteroatoms. The molecule has 0 spiro atoms. The number of hydrogen-bond acceptors (Lipinski definition) is 3. The van der Waals surface area contributed by atoms with E-state index in [0.717, 1.165) is 10.3 Å². The van der Waals surface area contributed by atoms with Crippen LogP contribution in [0.5, 0.6) is 0 Å². The molecule has 15 heavy (non-hydrogen) atoms. The van der Waals surface area contributed by atoms with Gasteiger partial charge in [0, 0.05) is 24.4 Å². The number of amides is 1. The Labute approximate surface area is 102 Å². The zero-order chi connectivity index (χ0) is 11.3. The number of nitrogens with two attached hydrogens (primary N) is 1. The lowest BCUT2D eigenvalue weighted by atomic mass is 10.3. The van der Waals surface area contributed by atoms with Crippen LogP contribution in [0.2, 0.25) is 0 Å². The summed E-state index contributed by atoms with van der Waals surface area (Å²) in [4.78, 5) is 14.6. The molecule has 0 radical (unpaired) electrons. The molecule has 0 bridgehead atoms. The molecule has 84 valence electrons. The van der Waals surface area contributed by atoms with E-state index < -0.39 is 0 Å². The number of carbonyl (C=O) groups excluding carboxylic acids is 1. The second-order valence-electron chi connectivity index (χ2n) is 3.15. The quantitative estimate of drug-likeness (QED) is 0.904. The molecule has 1 heterocycles. The number of rotatable bonds is 5. The Kier molecular flexibility index (Phi) is 5.28. The van der Waals surface area contributed by atoms with Gasteiger partial charge in [0.2, 0.25) is 5.91 Å². The Morgan fingerprint density at radius 1 is 1.60 bits per heavy atom. The first kappa shape index (κ1) is 12.7. The van der Waals surface area contributed by atoms with Gasteiger partial charge in [-0.25, -0.2) is 0 Å². The van der Waals surface area contributed by atoms with Crippen LogP contribution in [0.1, 0.15) is 18.2 Å². The van der Waals surface area contributed by atoms with Gasteiger partial charge in [-0.05, 0) is 35.0 Å². The van der Waals surface area contributed by atoms with E-state index in [4.69, 9.17) is 5.73 Å². The van der Waals surface area contributed by atoms with Crippen molar-refractivity contribution in [3.63, 3.8) is 0 Å². The highest BCUT2D eigenvalue weighted by Crippen LogP contribution is 2.23. The van der Waals surface area contributed by atoms with Crippen LogP contribution in [0.15, 0.2) is 15.9 Å². The van der Waals surface area contributed by atoms with Crippen molar-refractivity contribution in [2.24, 2.45) is 5.73 Å². The van der Waals surface area contributed by atoms with Crippen LogP contribution < -0.4 is 5.73 Å². The van der Waals surface area contributed by atoms with Crippen molar-refractivity contribution in [2.45, 2.75) is 19.9 Å². The van der Waals surface area contributed by atoms with Crippen LogP contribution in [0.3, 0.4) is 0 Å². The average molecular weight is 291 g/mol. The first-order valence-electron chi connectivity index (χ1n) is 4.89. The molecule has 0 aromatic carbocycles. The number of carbonyl (C=O) groups is 1. The van der Waals surface area contributed by atoms with E-state index in [1.165, 1.54) is 4.88 Å². The highest BCUT2D eigenvalue weighted by molar-refractivity contribution is 9.11. The van der Waals surface area contributed by atoms with E-state index >= 15 is 0 Å². The second-order valence-corrected chi connectivity index (χ2v) is 5.70. The third-order valence-electron chi connectivity index (χ3n) is 2.07. The van der Waals surface area contributed by atoms with Crippen molar-refractivity contribution in [1.29, 1.82) is 0 Å². The molecular weight excluding hydrogens is 276 g/mol. The molecule has 0 aliphatic carbocycles. The number of hydrogen-bond donors (Lipinski definition) is 1. The summed E-state index contributed by atoms with van der Waals surface area (Å²) in [7, 11) is 0. The van der Waals surface area contributed by atoms with Gasteiger partial charge in [-0.15, -0.1) is 11.3 Å². The van der Waals surface area contributed by atoms with Gasteiger partial charge >= 0.3 is 0 Å². The van der Waals surface area contributed by atoms with Crippen LogP contribution in [-0.4, -0.2) is 23.9 Å². The molecule has 0 atom stereocenters. The van der Waals surface area contributed by atoms with E-state index in [2.05, 4.69) is 15.9 Å². The molecule has 0 saturated heterocycles. The zero-order valence-electron chi connectivity index (χ0n) is 8.70. The molecule has 2 N–H and O–H groups in total. The van der Waals surface area contributed by atoms with Gasteiger partial charge < -0.3 is 10.6 Å². The van der Waals surface area contributed by atoms with Crippen LogP contribution in [0.25, 0.3) is 0 Å². The van der Waals surface area contributed by atoms with Crippen LogP contribution in [0.4, 0.5) is 0 Å². The first-order valence-corrected chi connectivity index (χ1v) is 6.50. The summed E-state index contributed by atoms with van der Waals surface area (Å²) in [6.07, 6.45) is 0.431. The maximum atomic E-state index is 11.6. The van der Waals surface area contributed by atoms with Crippen LogP contribution >= 0.6 is 27.3 Å². The molecular formula is C10H15BrN2OS. The Hall–Kier alpha value is -0.390. The van der Waals surface area contributed by atoms with Crippen molar-refractivity contribution in [1.82, 2.24) is 4.90 Å². The molecule has 0 unspecified atom stereocenters. The molecule has 1 aromatic rings. The van der Waals surface area contributed by atoms with E-state index in [1.807, 2.05) is 24.0 Å². The van der Waals surface area contributed by atoms with Gasteiger partial charge in [-0.2, -0.15) is 0 Å². The molecule has 3 nitrogen and oxygen atoms in total. The molecule has 1 amide bonds. The third kappa shape index (κ3) is 3.93. The van der Waals surface area contributed by atoms with E-state index in [0.29, 0.717) is 19.5 Å². The minimum atomic E-state index is 0.129. The molecule has 0 fully saturated rings. The monoisotopic (exact) mass is 290 g/mol. The highest BCUT2D eigenvalue weighted by atomic mass is 79.9. The average Bonchev–Trinajstić information content (AvgIpc) is 2.61. The van der Waals surface area contributed by atoms with Crippen molar-refractivity contribution < 1.29 is 4.79 Å². The van der Waals surface area contributed by atoms with E-state index in [1.54, 1.807) is 11.3 Å². The maximum absolute atomic E-state index is 11.6. The summed E-state index contributed by atoms with van der Waals surface area (Å²) in [5.41, 5.74) is 5.37. The van der Waals surface area contributed by atoms with Gasteiger partial charge in [0.25, 0.3) is 0 Å². The lowest BCUT2D eigenvalue weighted by Gasteiger charge is -2.19. The number of nitrogens with zero attached hydrogens (tertiary/aromatic N) is 1. The smallest absolute Gasteiger partial charge is 0.224 e. The molecule has 1 rings (SSSR count). The Balaban J connectivity index is 2.57. The summed E-state index contributed by atoms with van der Waals surface area (Å²) in [6, 6.07) is 4.04. The van der Waals surface area contributed by atoms with E-state index in [-0.39, 0.29) is 5.91 Å². The normalized spacial score (nSPS) is 10.3. The summed E-state index contributed by atoms with van der Waals surface area (Å²) < 4.78 is 1.10. The third-order valence-corrected chi connectivity index (χ3v) is 3.68. The fraction of sp³-hybridized carbons (Fsp3) is 0.500. The van der Waals surface area contributed by atoms with Crippen LogP contribution in [-0.2, 0) is 11.3 Å². The Morgan fingerprint density at radius 3 is 2.80 bits per heavy atom. The van der Waals surface area contributed by atoms with Crippen molar-refractivity contribution in [3.8, 4) is 0 Å². The predicted octanol–water partition coefficient (Wildman–Crippen LogP) is 2.21. The van der Waals surface area contributed by atoms with Gasteiger partial charge in [-0.1, -0.05) is 0 Å². The summed E-state index contributed by atoms with van der Waals surface area (Å²) in [6.45, 7) is 3.82. The second kappa shape index (κ2) is 6.25. The SMILES string of the molecule is CCN(Cc1ccc(Br)s1)C(=O)CCN. The maximum Gasteiger partial charge on any atom is 0.224 e. The molecule has 0 aliphatic rings.